The zero-order valence-electron chi connectivity index (χ0n) is 10.1. The fraction of sp³-hybridized carbons (Fsp3) is 0.300. The van der Waals surface area contributed by atoms with E-state index in [1.807, 2.05) is 6.07 Å². The molecule has 3 aromatic heterocycles. The summed E-state index contributed by atoms with van der Waals surface area (Å²) in [6.45, 7) is 0.763. The van der Waals surface area contributed by atoms with Gasteiger partial charge in [0.2, 0.25) is 5.16 Å². The molecule has 0 aromatic carbocycles. The van der Waals surface area contributed by atoms with E-state index in [-0.39, 0.29) is 0 Å². The monoisotopic (exact) mass is 344 g/mol. The normalized spacial score (nSPS) is 11.1. The molecule has 0 bridgehead atoms. The number of halogens is 1. The predicted molar refractivity (Wildman–Crippen MR) is 80.3 cm³/mol. The molecule has 0 fully saturated rings. The molecule has 10 heteroatoms. The average molecular weight is 345 g/mol. The first kappa shape index (κ1) is 13.9. The SMILES string of the molecule is Clc1snnc1CSc1nnnn1CCc1cccs1. The average Bonchev–Trinajstić information content (AvgIpc) is 3.16. The molecule has 20 heavy (non-hydrogen) atoms. The molecule has 0 amide bonds. The molecule has 3 rings (SSSR count). The van der Waals surface area contributed by atoms with E-state index >= 15 is 0 Å². The largest absolute Gasteiger partial charge is 0.220 e. The Bertz CT molecular complexity index is 664. The van der Waals surface area contributed by atoms with Crippen molar-refractivity contribution in [1.29, 1.82) is 0 Å². The summed E-state index contributed by atoms with van der Waals surface area (Å²) >= 11 is 10.4. The van der Waals surface area contributed by atoms with Gasteiger partial charge in [0.25, 0.3) is 0 Å². The van der Waals surface area contributed by atoms with Crippen LogP contribution in [-0.4, -0.2) is 29.8 Å². The van der Waals surface area contributed by atoms with Crippen molar-refractivity contribution < 1.29 is 0 Å². The third-order valence-electron chi connectivity index (χ3n) is 2.50. The zero-order valence-corrected chi connectivity index (χ0v) is 13.3. The molecule has 0 saturated heterocycles. The smallest absolute Gasteiger partial charge is 0.209 e. The highest BCUT2D eigenvalue weighted by Gasteiger charge is 2.11. The van der Waals surface area contributed by atoms with Crippen molar-refractivity contribution in [3.8, 4) is 0 Å². The molecule has 0 radical (unpaired) electrons. The van der Waals surface area contributed by atoms with Crippen LogP contribution in [0.5, 0.6) is 0 Å². The summed E-state index contributed by atoms with van der Waals surface area (Å²) in [4.78, 5) is 1.32. The molecule has 0 atom stereocenters. The Kier molecular flexibility index (Phi) is 4.61. The van der Waals surface area contributed by atoms with Crippen molar-refractivity contribution in [2.45, 2.75) is 23.9 Å². The second kappa shape index (κ2) is 6.61. The number of thiophene rings is 1. The minimum absolute atomic E-state index is 0.620. The van der Waals surface area contributed by atoms with E-state index in [2.05, 4.69) is 36.6 Å². The Labute approximate surface area is 132 Å². The summed E-state index contributed by atoms with van der Waals surface area (Å²) in [6, 6.07) is 4.16. The van der Waals surface area contributed by atoms with Crippen LogP contribution < -0.4 is 0 Å². The van der Waals surface area contributed by atoms with Crippen LogP contribution in [0.3, 0.4) is 0 Å². The minimum Gasteiger partial charge on any atom is -0.220 e. The van der Waals surface area contributed by atoms with Gasteiger partial charge >= 0.3 is 0 Å². The molecule has 0 aliphatic rings. The summed E-state index contributed by atoms with van der Waals surface area (Å²) in [5.74, 6) is 0.620. The lowest BCUT2D eigenvalue weighted by Gasteiger charge is -2.02. The van der Waals surface area contributed by atoms with Gasteiger partial charge in [-0.3, -0.25) is 0 Å². The number of thioether (sulfide) groups is 1. The van der Waals surface area contributed by atoms with E-state index in [0.717, 1.165) is 23.8 Å². The van der Waals surface area contributed by atoms with Gasteiger partial charge in [0.05, 0.1) is 6.54 Å². The van der Waals surface area contributed by atoms with Gasteiger partial charge in [-0.15, -0.1) is 21.5 Å². The highest BCUT2D eigenvalue weighted by atomic mass is 35.5. The summed E-state index contributed by atoms with van der Waals surface area (Å²) in [7, 11) is 0. The zero-order chi connectivity index (χ0) is 13.8. The van der Waals surface area contributed by atoms with Gasteiger partial charge in [0.15, 0.2) is 0 Å². The Morgan fingerprint density at radius 2 is 2.30 bits per heavy atom. The van der Waals surface area contributed by atoms with Crippen molar-refractivity contribution in [2.75, 3.05) is 0 Å². The Morgan fingerprint density at radius 1 is 1.35 bits per heavy atom. The molecule has 0 saturated carbocycles. The predicted octanol–water partition coefficient (Wildman–Crippen LogP) is 2.77. The minimum atomic E-state index is 0.620. The maximum absolute atomic E-state index is 5.97. The molecule has 6 nitrogen and oxygen atoms in total. The number of aromatic nitrogens is 6. The molecule has 104 valence electrons. The van der Waals surface area contributed by atoms with Gasteiger partial charge in [0, 0.05) is 28.6 Å². The van der Waals surface area contributed by atoms with Gasteiger partial charge in [-0.25, -0.2) is 4.68 Å². The van der Waals surface area contributed by atoms with Crippen LogP contribution in [0, 0.1) is 0 Å². The highest BCUT2D eigenvalue weighted by Crippen LogP contribution is 2.25. The number of rotatable bonds is 6. The van der Waals surface area contributed by atoms with Gasteiger partial charge < -0.3 is 0 Å². The van der Waals surface area contributed by atoms with E-state index in [9.17, 15) is 0 Å². The topological polar surface area (TPSA) is 69.4 Å². The standard InChI is InChI=1S/C10H9ClN6S3/c11-9-8(12-16-20-9)6-19-10-13-14-15-17(10)4-3-7-2-1-5-18-7/h1-2,5H,3-4,6H2. The molecule has 0 aliphatic heterocycles. The lowest BCUT2D eigenvalue weighted by atomic mass is 10.3. The first-order chi connectivity index (χ1) is 9.83. The first-order valence-electron chi connectivity index (χ1n) is 5.71. The van der Waals surface area contributed by atoms with E-state index in [4.69, 9.17) is 11.6 Å². The van der Waals surface area contributed by atoms with Crippen LogP contribution in [-0.2, 0) is 18.7 Å². The lowest BCUT2D eigenvalue weighted by Crippen LogP contribution is -2.04. The van der Waals surface area contributed by atoms with E-state index in [0.29, 0.717) is 10.1 Å². The molecule has 0 N–H and O–H groups in total. The van der Waals surface area contributed by atoms with Crippen molar-refractivity contribution >= 4 is 46.2 Å². The molecule has 0 aliphatic carbocycles. The summed E-state index contributed by atoms with van der Waals surface area (Å²) in [5.41, 5.74) is 0.773. The summed E-state index contributed by atoms with van der Waals surface area (Å²) < 4.78 is 6.23. The molecular weight excluding hydrogens is 336 g/mol. The summed E-state index contributed by atoms with van der Waals surface area (Å²) in [6.07, 6.45) is 0.926. The highest BCUT2D eigenvalue weighted by molar-refractivity contribution is 7.98. The number of hydrogen-bond donors (Lipinski definition) is 0. The van der Waals surface area contributed by atoms with Crippen LogP contribution in [0.1, 0.15) is 10.6 Å². The number of nitrogens with zero attached hydrogens (tertiary/aromatic N) is 6. The van der Waals surface area contributed by atoms with E-state index < -0.39 is 0 Å². The van der Waals surface area contributed by atoms with Crippen molar-refractivity contribution in [3.05, 3.63) is 32.4 Å². The van der Waals surface area contributed by atoms with E-state index in [1.54, 1.807) is 16.0 Å². The van der Waals surface area contributed by atoms with Gasteiger partial charge in [-0.05, 0) is 21.9 Å². The van der Waals surface area contributed by atoms with Crippen LogP contribution >= 0.6 is 46.2 Å². The maximum Gasteiger partial charge on any atom is 0.209 e. The Balaban J connectivity index is 1.60. The van der Waals surface area contributed by atoms with Crippen LogP contribution in [0.4, 0.5) is 0 Å². The second-order valence-corrected chi connectivity index (χ2v) is 7.13. The van der Waals surface area contributed by atoms with Crippen molar-refractivity contribution in [2.24, 2.45) is 0 Å². The number of hydrogen-bond acceptors (Lipinski definition) is 8. The molecule has 3 heterocycles. The van der Waals surface area contributed by atoms with Gasteiger partial charge in [0.1, 0.15) is 10.0 Å². The lowest BCUT2D eigenvalue weighted by molar-refractivity contribution is 0.550. The Morgan fingerprint density at radius 3 is 3.05 bits per heavy atom. The fourth-order valence-electron chi connectivity index (χ4n) is 1.53. The van der Waals surface area contributed by atoms with Crippen LogP contribution in [0.15, 0.2) is 22.7 Å². The molecular formula is C10H9ClN6S3. The maximum atomic E-state index is 5.97. The number of tetrazole rings is 1. The quantitative estimate of drug-likeness (QED) is 0.640. The van der Waals surface area contributed by atoms with Crippen LogP contribution in [0.2, 0.25) is 4.34 Å². The summed E-state index contributed by atoms with van der Waals surface area (Å²) in [5, 5.41) is 18.6. The third kappa shape index (κ3) is 3.35. The second-order valence-electron chi connectivity index (χ2n) is 3.80. The van der Waals surface area contributed by atoms with E-state index in [1.165, 1.54) is 28.2 Å². The third-order valence-corrected chi connectivity index (χ3v) is 5.39. The Hall–Kier alpha value is -1.03. The first-order valence-corrected chi connectivity index (χ1v) is 8.72. The van der Waals surface area contributed by atoms with Crippen molar-refractivity contribution in [1.82, 2.24) is 29.8 Å². The van der Waals surface area contributed by atoms with Gasteiger partial charge in [-0.2, -0.15) is 0 Å². The van der Waals surface area contributed by atoms with Crippen LogP contribution in [0.25, 0.3) is 0 Å². The fourth-order valence-corrected chi connectivity index (χ4v) is 3.86. The number of aryl methyl sites for hydroxylation is 2. The van der Waals surface area contributed by atoms with Crippen molar-refractivity contribution in [3.63, 3.8) is 0 Å². The molecule has 0 spiro atoms. The molecule has 3 aromatic rings. The molecule has 0 unspecified atom stereocenters. The van der Waals surface area contributed by atoms with Gasteiger partial charge in [-0.1, -0.05) is 33.9 Å².